The van der Waals surface area contributed by atoms with E-state index in [1.54, 1.807) is 32.9 Å². The third-order valence-electron chi connectivity index (χ3n) is 3.33. The molecule has 11 heteroatoms. The predicted molar refractivity (Wildman–Crippen MR) is 96.2 cm³/mol. The number of anilines is 2. The van der Waals surface area contributed by atoms with Crippen molar-refractivity contribution in [1.82, 2.24) is 10.2 Å². The van der Waals surface area contributed by atoms with E-state index in [1.807, 2.05) is 0 Å². The largest absolute Gasteiger partial charge is 0.486 e. The molecule has 2 N–H and O–H groups in total. The van der Waals surface area contributed by atoms with Crippen LogP contribution in [0.5, 0.6) is 11.5 Å². The average Bonchev–Trinajstić information content (AvgIpc) is 3.03. The van der Waals surface area contributed by atoms with Gasteiger partial charge in [0, 0.05) is 11.5 Å². The number of carbonyl (C=O) groups excluding carboxylic acids is 1. The fourth-order valence-electron chi connectivity index (χ4n) is 1.96. The van der Waals surface area contributed by atoms with Crippen LogP contribution in [0.25, 0.3) is 0 Å². The van der Waals surface area contributed by atoms with Crippen LogP contribution in [0.3, 0.4) is 0 Å². The molecule has 0 saturated heterocycles. The van der Waals surface area contributed by atoms with Gasteiger partial charge >= 0.3 is 0 Å². The van der Waals surface area contributed by atoms with Gasteiger partial charge in [-0.05, 0) is 12.1 Å². The minimum absolute atomic E-state index is 0.118. The van der Waals surface area contributed by atoms with Gasteiger partial charge in [0.05, 0.1) is 5.69 Å². The molecule has 0 fully saturated rings. The van der Waals surface area contributed by atoms with E-state index in [4.69, 9.17) is 9.47 Å². The summed E-state index contributed by atoms with van der Waals surface area (Å²) in [6, 6.07) is 4.73. The minimum Gasteiger partial charge on any atom is -0.486 e. The topological polar surface area (TPSA) is 120 Å². The number of aromatic nitrogens is 2. The Morgan fingerprint density at radius 3 is 2.54 bits per heavy atom. The first-order valence-electron chi connectivity index (χ1n) is 7.72. The molecule has 140 valence electrons. The SMILES string of the molecule is CC(C)(C)C(=O)Nc1nnc(S(=O)(=O)Nc2ccc3c(c2)OCCO3)s1. The smallest absolute Gasteiger partial charge is 0.291 e. The maximum Gasteiger partial charge on any atom is 0.291 e. The minimum atomic E-state index is -3.94. The van der Waals surface area contributed by atoms with Crippen molar-refractivity contribution in [3.63, 3.8) is 0 Å². The summed E-state index contributed by atoms with van der Waals surface area (Å²) in [6.45, 7) is 6.07. The second-order valence-electron chi connectivity index (χ2n) is 6.54. The van der Waals surface area contributed by atoms with E-state index in [0.29, 0.717) is 30.4 Å². The van der Waals surface area contributed by atoms with Crippen LogP contribution in [0.1, 0.15) is 20.8 Å². The predicted octanol–water partition coefficient (Wildman–Crippen LogP) is 2.09. The van der Waals surface area contributed by atoms with E-state index in [-0.39, 0.29) is 15.4 Å². The van der Waals surface area contributed by atoms with E-state index >= 15 is 0 Å². The summed E-state index contributed by atoms with van der Waals surface area (Å²) < 4.78 is 37.9. The Balaban J connectivity index is 1.76. The van der Waals surface area contributed by atoms with Crippen molar-refractivity contribution >= 4 is 38.1 Å². The zero-order valence-corrected chi connectivity index (χ0v) is 16.0. The molecule has 3 rings (SSSR count). The molecule has 1 aromatic carbocycles. The molecule has 2 aromatic rings. The second kappa shape index (κ2) is 6.72. The van der Waals surface area contributed by atoms with Crippen molar-refractivity contribution in [1.29, 1.82) is 0 Å². The Kier molecular flexibility index (Phi) is 4.76. The first-order valence-corrected chi connectivity index (χ1v) is 10.0. The summed E-state index contributed by atoms with van der Waals surface area (Å²) in [5, 5.41) is 10.0. The molecule has 9 nitrogen and oxygen atoms in total. The van der Waals surface area contributed by atoms with Crippen LogP contribution in [0.2, 0.25) is 0 Å². The van der Waals surface area contributed by atoms with Crippen molar-refractivity contribution in [2.75, 3.05) is 23.3 Å². The molecule has 26 heavy (non-hydrogen) atoms. The quantitative estimate of drug-likeness (QED) is 0.757. The standard InChI is InChI=1S/C15H18N4O5S2/c1-15(2,3)12(20)16-13-17-18-14(25-13)26(21,22)19-9-4-5-10-11(8-9)24-7-6-23-10/h4-5,8,19H,6-7H2,1-3H3,(H,16,17,20). The lowest BCUT2D eigenvalue weighted by molar-refractivity contribution is -0.123. The van der Waals surface area contributed by atoms with Crippen molar-refractivity contribution in [3.05, 3.63) is 18.2 Å². The van der Waals surface area contributed by atoms with Gasteiger partial charge in [-0.2, -0.15) is 8.42 Å². The number of hydrogen-bond acceptors (Lipinski definition) is 8. The van der Waals surface area contributed by atoms with Gasteiger partial charge in [-0.1, -0.05) is 32.1 Å². The number of ether oxygens (including phenoxy) is 2. The summed E-state index contributed by atoms with van der Waals surface area (Å²) in [5.41, 5.74) is -0.321. The molecule has 2 heterocycles. The average molecular weight is 398 g/mol. The van der Waals surface area contributed by atoms with Crippen LogP contribution in [-0.4, -0.2) is 37.7 Å². The molecule has 0 aliphatic carbocycles. The van der Waals surface area contributed by atoms with Crippen molar-refractivity contribution < 1.29 is 22.7 Å². The number of fused-ring (bicyclic) bond motifs is 1. The van der Waals surface area contributed by atoms with Gasteiger partial charge in [-0.25, -0.2) is 0 Å². The monoisotopic (exact) mass is 398 g/mol. The number of nitrogens with zero attached hydrogens (tertiary/aromatic N) is 2. The molecule has 0 atom stereocenters. The van der Waals surface area contributed by atoms with Gasteiger partial charge in [0.25, 0.3) is 14.4 Å². The molecule has 0 bridgehead atoms. The molecular weight excluding hydrogens is 380 g/mol. The number of sulfonamides is 1. The van der Waals surface area contributed by atoms with E-state index in [2.05, 4.69) is 20.2 Å². The van der Waals surface area contributed by atoms with Crippen LogP contribution in [0.4, 0.5) is 10.8 Å². The number of benzene rings is 1. The number of amides is 1. The van der Waals surface area contributed by atoms with Crippen LogP contribution < -0.4 is 19.5 Å². The fraction of sp³-hybridized carbons (Fsp3) is 0.400. The Morgan fingerprint density at radius 2 is 1.85 bits per heavy atom. The molecule has 0 spiro atoms. The summed E-state index contributed by atoms with van der Waals surface area (Å²) in [6.07, 6.45) is 0. The molecule has 0 unspecified atom stereocenters. The first-order chi connectivity index (χ1) is 12.1. The zero-order chi connectivity index (χ0) is 18.9. The third kappa shape index (κ3) is 4.05. The van der Waals surface area contributed by atoms with E-state index in [1.165, 1.54) is 6.07 Å². The molecule has 1 aliphatic rings. The highest BCUT2D eigenvalue weighted by Gasteiger charge is 2.25. The fourth-order valence-corrected chi connectivity index (χ4v) is 3.91. The second-order valence-corrected chi connectivity index (χ2v) is 9.37. The van der Waals surface area contributed by atoms with Crippen LogP contribution in [0, 0.1) is 5.41 Å². The number of carbonyl (C=O) groups is 1. The van der Waals surface area contributed by atoms with Crippen molar-refractivity contribution in [3.8, 4) is 11.5 Å². The van der Waals surface area contributed by atoms with Gasteiger partial charge in [0.15, 0.2) is 11.5 Å². The lowest BCUT2D eigenvalue weighted by Gasteiger charge is -2.18. The Labute approximate surface area is 154 Å². The highest BCUT2D eigenvalue weighted by Crippen LogP contribution is 2.33. The normalized spacial score (nSPS) is 14.0. The van der Waals surface area contributed by atoms with Crippen LogP contribution >= 0.6 is 11.3 Å². The summed E-state index contributed by atoms with van der Waals surface area (Å²) in [5.74, 6) is 0.742. The third-order valence-corrected chi connectivity index (χ3v) is 5.92. The maximum absolute atomic E-state index is 12.5. The van der Waals surface area contributed by atoms with E-state index in [0.717, 1.165) is 11.3 Å². The number of rotatable bonds is 4. The summed E-state index contributed by atoms with van der Waals surface area (Å²) >= 11 is 0.772. The van der Waals surface area contributed by atoms with Gasteiger partial charge < -0.3 is 14.8 Å². The van der Waals surface area contributed by atoms with Gasteiger partial charge in [-0.15, -0.1) is 10.2 Å². The Hall–Kier alpha value is -2.40. The highest BCUT2D eigenvalue weighted by molar-refractivity contribution is 7.94. The number of hydrogen-bond donors (Lipinski definition) is 2. The molecule has 1 amide bonds. The summed E-state index contributed by atoms with van der Waals surface area (Å²) in [7, 11) is -3.94. The maximum atomic E-state index is 12.5. The van der Waals surface area contributed by atoms with Crippen LogP contribution in [0.15, 0.2) is 22.5 Å². The number of nitrogens with one attached hydrogen (secondary N) is 2. The Bertz CT molecular complexity index is 934. The van der Waals surface area contributed by atoms with Crippen molar-refractivity contribution in [2.24, 2.45) is 5.41 Å². The molecule has 0 radical (unpaired) electrons. The van der Waals surface area contributed by atoms with Crippen molar-refractivity contribution in [2.45, 2.75) is 25.1 Å². The molecule has 1 aliphatic heterocycles. The first kappa shape index (κ1) is 18.4. The van der Waals surface area contributed by atoms with Crippen LogP contribution in [-0.2, 0) is 14.8 Å². The van der Waals surface area contributed by atoms with Gasteiger partial charge in [-0.3, -0.25) is 9.52 Å². The van der Waals surface area contributed by atoms with Gasteiger partial charge in [0.2, 0.25) is 11.0 Å². The lowest BCUT2D eigenvalue weighted by atomic mass is 9.96. The zero-order valence-electron chi connectivity index (χ0n) is 14.4. The molecular formula is C15H18N4O5S2. The van der Waals surface area contributed by atoms with E-state index in [9.17, 15) is 13.2 Å². The molecule has 1 aromatic heterocycles. The Morgan fingerprint density at radius 1 is 1.15 bits per heavy atom. The van der Waals surface area contributed by atoms with Gasteiger partial charge in [0.1, 0.15) is 13.2 Å². The van der Waals surface area contributed by atoms with E-state index < -0.39 is 15.4 Å². The molecule has 0 saturated carbocycles. The highest BCUT2D eigenvalue weighted by atomic mass is 32.2. The lowest BCUT2D eigenvalue weighted by Crippen LogP contribution is -2.27. The summed E-state index contributed by atoms with van der Waals surface area (Å²) in [4.78, 5) is 12.0.